The molecule has 1 aromatic carbocycles. The lowest BCUT2D eigenvalue weighted by molar-refractivity contribution is 1.04. The minimum absolute atomic E-state index is 0.501. The summed E-state index contributed by atoms with van der Waals surface area (Å²) in [5, 5.41) is 0. The number of para-hydroxylation sites is 1. The maximum atomic E-state index is 5.40. The summed E-state index contributed by atoms with van der Waals surface area (Å²) in [5.41, 5.74) is 2.07. The molecule has 0 saturated heterocycles. The third-order valence-electron chi connectivity index (χ3n) is 2.08. The molecule has 2 rings (SSSR count). The number of nitrogens with zero attached hydrogens (tertiary/aromatic N) is 2. The molecule has 70 valence electrons. The van der Waals surface area contributed by atoms with Crippen molar-refractivity contribution in [1.82, 2.24) is 9.55 Å². The Morgan fingerprint density at radius 1 is 1.07 bits per heavy atom. The van der Waals surface area contributed by atoms with E-state index >= 15 is 0 Å². The summed E-state index contributed by atoms with van der Waals surface area (Å²) >= 11 is 0. The van der Waals surface area contributed by atoms with Gasteiger partial charge in [0.05, 0.1) is 0 Å². The van der Waals surface area contributed by atoms with Crippen LogP contribution in [0.2, 0.25) is 0 Å². The monoisotopic (exact) mass is 192 g/mol. The van der Waals surface area contributed by atoms with Crippen molar-refractivity contribution in [2.75, 3.05) is 0 Å². The lowest BCUT2D eigenvalue weighted by Crippen LogP contribution is -1.95. The molecule has 2 nitrogen and oxygen atoms in total. The Balaban J connectivity index is 2.62. The van der Waals surface area contributed by atoms with E-state index in [-0.39, 0.29) is 0 Å². The van der Waals surface area contributed by atoms with E-state index in [9.17, 15) is 0 Å². The minimum Gasteiger partial charge on any atom is -0.291 e. The second kappa shape index (κ2) is 3.74. The van der Waals surface area contributed by atoms with E-state index in [1.807, 2.05) is 30.3 Å². The quantitative estimate of drug-likeness (QED) is 0.630. The molecule has 1 aromatic heterocycles. The van der Waals surface area contributed by atoms with Gasteiger partial charge in [-0.3, -0.25) is 4.57 Å². The predicted octanol–water partition coefficient (Wildman–Crippen LogP) is 1.83. The molecule has 0 N–H and O–H groups in total. The van der Waals surface area contributed by atoms with Crippen molar-refractivity contribution in [2.24, 2.45) is 0 Å². The first-order chi connectivity index (χ1) is 7.36. The molecule has 15 heavy (non-hydrogen) atoms. The molecule has 0 fully saturated rings. The van der Waals surface area contributed by atoms with E-state index in [4.69, 9.17) is 12.8 Å². The van der Waals surface area contributed by atoms with Gasteiger partial charge in [0.2, 0.25) is 0 Å². The van der Waals surface area contributed by atoms with Crippen molar-refractivity contribution in [3.63, 3.8) is 0 Å². The molecule has 0 unspecified atom stereocenters. The summed E-state index contributed by atoms with van der Waals surface area (Å²) in [6.45, 7) is 0. The number of hydrogen-bond donors (Lipinski definition) is 0. The van der Waals surface area contributed by atoms with Gasteiger partial charge >= 0.3 is 0 Å². The van der Waals surface area contributed by atoms with Crippen molar-refractivity contribution >= 4 is 0 Å². The normalized spacial score (nSPS) is 9.20. The van der Waals surface area contributed by atoms with Crippen LogP contribution >= 0.6 is 0 Å². The Hall–Kier alpha value is -2.45. The molecular formula is C13H8N2. The Labute approximate surface area is 88.6 Å². The van der Waals surface area contributed by atoms with Gasteiger partial charge in [0.1, 0.15) is 17.7 Å². The van der Waals surface area contributed by atoms with E-state index in [0.717, 1.165) is 5.69 Å². The summed E-state index contributed by atoms with van der Waals surface area (Å²) in [4.78, 5) is 4.07. The van der Waals surface area contributed by atoms with E-state index in [1.165, 1.54) is 0 Å². The van der Waals surface area contributed by atoms with Crippen molar-refractivity contribution in [2.45, 2.75) is 0 Å². The Morgan fingerprint density at radius 3 is 2.40 bits per heavy atom. The SMILES string of the molecule is C#Cc1ncn(-c2ccccc2)c1C#C. The fourth-order valence-electron chi connectivity index (χ4n) is 1.38. The molecule has 0 bridgehead atoms. The van der Waals surface area contributed by atoms with E-state index < -0.39 is 0 Å². The van der Waals surface area contributed by atoms with E-state index in [2.05, 4.69) is 16.8 Å². The summed E-state index contributed by atoms with van der Waals surface area (Å²) in [7, 11) is 0. The maximum Gasteiger partial charge on any atom is 0.147 e. The highest BCUT2D eigenvalue weighted by atomic mass is 15.1. The molecule has 0 spiro atoms. The average molecular weight is 192 g/mol. The summed E-state index contributed by atoms with van der Waals surface area (Å²) < 4.78 is 1.80. The summed E-state index contributed by atoms with van der Waals surface area (Å²) in [5.74, 6) is 5.01. The molecule has 0 amide bonds. The highest BCUT2D eigenvalue weighted by molar-refractivity contribution is 5.46. The van der Waals surface area contributed by atoms with Crippen molar-refractivity contribution in [1.29, 1.82) is 0 Å². The van der Waals surface area contributed by atoms with Gasteiger partial charge in [-0.15, -0.1) is 12.8 Å². The Morgan fingerprint density at radius 2 is 1.80 bits per heavy atom. The van der Waals surface area contributed by atoms with Crippen LogP contribution in [0.15, 0.2) is 36.7 Å². The molecule has 0 aliphatic heterocycles. The molecule has 0 aliphatic carbocycles. The zero-order chi connectivity index (χ0) is 10.7. The number of imidazole rings is 1. The van der Waals surface area contributed by atoms with Crippen molar-refractivity contribution in [3.05, 3.63) is 48.0 Å². The Kier molecular flexibility index (Phi) is 2.27. The average Bonchev–Trinajstić information content (AvgIpc) is 2.72. The van der Waals surface area contributed by atoms with Crippen molar-refractivity contribution < 1.29 is 0 Å². The van der Waals surface area contributed by atoms with Gasteiger partial charge in [-0.05, 0) is 24.0 Å². The zero-order valence-electron chi connectivity index (χ0n) is 8.01. The number of terminal acetylenes is 2. The highest BCUT2D eigenvalue weighted by Gasteiger charge is 2.07. The van der Waals surface area contributed by atoms with Crippen LogP contribution in [0, 0.1) is 24.7 Å². The van der Waals surface area contributed by atoms with Crippen LogP contribution in [0.5, 0.6) is 0 Å². The van der Waals surface area contributed by atoms with Gasteiger partial charge in [-0.1, -0.05) is 18.2 Å². The highest BCUT2D eigenvalue weighted by Crippen LogP contribution is 2.12. The molecule has 0 radical (unpaired) electrons. The number of rotatable bonds is 1. The van der Waals surface area contributed by atoms with Crippen LogP contribution in [0.3, 0.4) is 0 Å². The first kappa shape index (κ1) is 9.12. The molecule has 1 heterocycles. The fourth-order valence-corrected chi connectivity index (χ4v) is 1.38. The number of hydrogen-bond acceptors (Lipinski definition) is 1. The van der Waals surface area contributed by atoms with E-state index in [1.54, 1.807) is 10.9 Å². The van der Waals surface area contributed by atoms with Crippen LogP contribution in [-0.4, -0.2) is 9.55 Å². The van der Waals surface area contributed by atoms with Gasteiger partial charge in [-0.2, -0.15) is 0 Å². The second-order valence-electron chi connectivity index (χ2n) is 2.94. The molecule has 0 aliphatic rings. The predicted molar refractivity (Wildman–Crippen MR) is 59.4 cm³/mol. The first-order valence-electron chi connectivity index (χ1n) is 4.43. The molecule has 0 atom stereocenters. The van der Waals surface area contributed by atoms with Gasteiger partial charge in [-0.25, -0.2) is 4.98 Å². The Bertz CT molecular complexity index is 550. The lowest BCUT2D eigenvalue weighted by Gasteiger charge is -2.02. The van der Waals surface area contributed by atoms with Crippen LogP contribution in [0.1, 0.15) is 11.4 Å². The molecule has 0 saturated carbocycles. The van der Waals surface area contributed by atoms with Crippen molar-refractivity contribution in [3.8, 4) is 30.4 Å². The number of benzene rings is 1. The van der Waals surface area contributed by atoms with Gasteiger partial charge in [0.25, 0.3) is 0 Å². The second-order valence-corrected chi connectivity index (χ2v) is 2.94. The van der Waals surface area contributed by atoms with Crippen LogP contribution in [0.4, 0.5) is 0 Å². The third kappa shape index (κ3) is 1.49. The lowest BCUT2D eigenvalue weighted by atomic mass is 10.3. The zero-order valence-corrected chi connectivity index (χ0v) is 8.01. The molecular weight excluding hydrogens is 184 g/mol. The summed E-state index contributed by atoms with van der Waals surface area (Å²) in [6.07, 6.45) is 12.3. The topological polar surface area (TPSA) is 17.8 Å². The van der Waals surface area contributed by atoms with Gasteiger partial charge in [0.15, 0.2) is 0 Å². The van der Waals surface area contributed by atoms with E-state index in [0.29, 0.717) is 11.4 Å². The first-order valence-corrected chi connectivity index (χ1v) is 4.43. The number of aromatic nitrogens is 2. The smallest absolute Gasteiger partial charge is 0.147 e. The van der Waals surface area contributed by atoms with Crippen LogP contribution in [-0.2, 0) is 0 Å². The van der Waals surface area contributed by atoms with Gasteiger partial charge < -0.3 is 0 Å². The standard InChI is InChI=1S/C13H8N2/c1-3-12-13(4-2)15(10-14-12)11-8-6-5-7-9-11/h1-2,5-10H. The summed E-state index contributed by atoms with van der Waals surface area (Å²) in [6, 6.07) is 9.71. The molecule has 2 heteroatoms. The maximum absolute atomic E-state index is 5.40. The minimum atomic E-state index is 0.501. The van der Waals surface area contributed by atoms with Crippen LogP contribution < -0.4 is 0 Å². The molecule has 2 aromatic rings. The van der Waals surface area contributed by atoms with Gasteiger partial charge in [0, 0.05) is 5.69 Å². The third-order valence-corrected chi connectivity index (χ3v) is 2.08. The largest absolute Gasteiger partial charge is 0.291 e. The van der Waals surface area contributed by atoms with Crippen LogP contribution in [0.25, 0.3) is 5.69 Å². The fraction of sp³-hybridized carbons (Fsp3) is 0.